The Hall–Kier alpha value is -3.74. The fourth-order valence-electron chi connectivity index (χ4n) is 4.19. The van der Waals surface area contributed by atoms with Gasteiger partial charge in [0.1, 0.15) is 23.3 Å². The highest BCUT2D eigenvalue weighted by atomic mass is 16.5. The molecule has 7 heteroatoms. The third kappa shape index (κ3) is 4.06. The van der Waals surface area contributed by atoms with Crippen LogP contribution in [0.1, 0.15) is 28.8 Å². The third-order valence-corrected chi connectivity index (χ3v) is 5.89. The van der Waals surface area contributed by atoms with Crippen LogP contribution in [0.15, 0.2) is 54.6 Å². The number of phenols is 1. The Balaban J connectivity index is 1.51. The highest BCUT2D eigenvalue weighted by Gasteiger charge is 2.35. The van der Waals surface area contributed by atoms with Gasteiger partial charge in [0.05, 0.1) is 19.8 Å². The maximum atomic E-state index is 13.2. The molecular weight excluding hydrogens is 408 g/mol. The summed E-state index contributed by atoms with van der Waals surface area (Å²) in [6.07, 6.45) is 1.29. The second-order valence-corrected chi connectivity index (χ2v) is 7.74. The molecule has 0 radical (unpaired) electrons. The number of benzene rings is 3. The first kappa shape index (κ1) is 21.5. The fourth-order valence-corrected chi connectivity index (χ4v) is 4.19. The van der Waals surface area contributed by atoms with Gasteiger partial charge in [0.15, 0.2) is 0 Å². The van der Waals surface area contributed by atoms with Crippen molar-refractivity contribution in [1.82, 2.24) is 10.2 Å². The second-order valence-electron chi connectivity index (χ2n) is 7.74. The SMILES string of the molecule is COc1ccc(OC)c(CNC(=O)C2CCCN2C(=O)c2ccc3ccccc3c2O)c1. The first-order chi connectivity index (χ1) is 15.5. The summed E-state index contributed by atoms with van der Waals surface area (Å²) in [6.45, 7) is 0.713. The van der Waals surface area contributed by atoms with E-state index in [1.807, 2.05) is 30.3 Å². The normalized spacial score (nSPS) is 15.6. The number of phenolic OH excluding ortho intramolecular Hbond substituents is 1. The summed E-state index contributed by atoms with van der Waals surface area (Å²) < 4.78 is 10.6. The molecule has 166 valence electrons. The number of rotatable bonds is 6. The van der Waals surface area contributed by atoms with Gasteiger partial charge < -0.3 is 24.8 Å². The molecule has 0 bridgehead atoms. The van der Waals surface area contributed by atoms with E-state index in [0.717, 1.165) is 17.4 Å². The molecule has 2 N–H and O–H groups in total. The van der Waals surface area contributed by atoms with E-state index in [4.69, 9.17) is 9.47 Å². The van der Waals surface area contributed by atoms with E-state index in [1.54, 1.807) is 43.4 Å². The second kappa shape index (κ2) is 9.18. The van der Waals surface area contributed by atoms with Crippen molar-refractivity contribution in [3.63, 3.8) is 0 Å². The minimum absolute atomic E-state index is 0.0553. The maximum absolute atomic E-state index is 13.2. The Morgan fingerprint density at radius 3 is 2.69 bits per heavy atom. The van der Waals surface area contributed by atoms with Crippen molar-refractivity contribution in [2.24, 2.45) is 0 Å². The van der Waals surface area contributed by atoms with Crippen molar-refractivity contribution < 1.29 is 24.2 Å². The van der Waals surface area contributed by atoms with E-state index in [0.29, 0.717) is 29.9 Å². The zero-order chi connectivity index (χ0) is 22.7. The van der Waals surface area contributed by atoms with Gasteiger partial charge >= 0.3 is 0 Å². The average Bonchev–Trinajstić information content (AvgIpc) is 3.32. The van der Waals surface area contributed by atoms with Gasteiger partial charge in [-0.2, -0.15) is 0 Å². The molecular formula is C25H26N2O5. The van der Waals surface area contributed by atoms with Crippen molar-refractivity contribution in [2.75, 3.05) is 20.8 Å². The van der Waals surface area contributed by atoms with Crippen LogP contribution >= 0.6 is 0 Å². The van der Waals surface area contributed by atoms with Gasteiger partial charge in [0.25, 0.3) is 5.91 Å². The van der Waals surface area contributed by atoms with Crippen LogP contribution in [0.2, 0.25) is 0 Å². The molecule has 3 aromatic carbocycles. The van der Waals surface area contributed by atoms with Crippen LogP contribution in [0.3, 0.4) is 0 Å². The number of aromatic hydroxyl groups is 1. The van der Waals surface area contributed by atoms with Crippen molar-refractivity contribution in [2.45, 2.75) is 25.4 Å². The Kier molecular flexibility index (Phi) is 6.16. The van der Waals surface area contributed by atoms with Crippen molar-refractivity contribution in [3.8, 4) is 17.2 Å². The largest absolute Gasteiger partial charge is 0.506 e. The van der Waals surface area contributed by atoms with Crippen molar-refractivity contribution in [1.29, 1.82) is 0 Å². The number of nitrogens with one attached hydrogen (secondary N) is 1. The number of amides is 2. The van der Waals surface area contributed by atoms with E-state index in [-0.39, 0.29) is 29.7 Å². The van der Waals surface area contributed by atoms with Gasteiger partial charge in [-0.3, -0.25) is 9.59 Å². The Morgan fingerprint density at radius 1 is 1.09 bits per heavy atom. The quantitative estimate of drug-likeness (QED) is 0.620. The summed E-state index contributed by atoms with van der Waals surface area (Å²) >= 11 is 0. The standard InChI is InChI=1S/C25H26N2O5/c1-31-18-10-12-22(32-2)17(14-18)15-26-24(29)21-8-5-13-27(21)25(30)20-11-9-16-6-3-4-7-19(16)23(20)28/h3-4,6-7,9-12,14,21,28H,5,8,13,15H2,1-2H3,(H,26,29). The highest BCUT2D eigenvalue weighted by molar-refractivity contribution is 6.05. The number of carbonyl (C=O) groups excluding carboxylic acids is 2. The first-order valence-corrected chi connectivity index (χ1v) is 10.5. The number of carbonyl (C=O) groups is 2. The molecule has 1 atom stereocenters. The van der Waals surface area contributed by atoms with E-state index in [9.17, 15) is 14.7 Å². The first-order valence-electron chi connectivity index (χ1n) is 10.5. The molecule has 1 aliphatic rings. The van der Waals surface area contributed by atoms with Crippen LogP contribution in [0.4, 0.5) is 0 Å². The molecule has 1 unspecified atom stereocenters. The van der Waals surface area contributed by atoms with Gasteiger partial charge in [0, 0.05) is 24.0 Å². The molecule has 0 spiro atoms. The lowest BCUT2D eigenvalue weighted by molar-refractivity contribution is -0.125. The van der Waals surface area contributed by atoms with Crippen LogP contribution in [-0.2, 0) is 11.3 Å². The molecule has 0 saturated carbocycles. The summed E-state index contributed by atoms with van der Waals surface area (Å²) in [4.78, 5) is 27.8. The lowest BCUT2D eigenvalue weighted by Crippen LogP contribution is -2.45. The van der Waals surface area contributed by atoms with Crippen molar-refractivity contribution >= 4 is 22.6 Å². The van der Waals surface area contributed by atoms with Gasteiger partial charge in [-0.05, 0) is 42.5 Å². The summed E-state index contributed by atoms with van der Waals surface area (Å²) in [5.41, 5.74) is 0.987. The summed E-state index contributed by atoms with van der Waals surface area (Å²) in [6, 6.07) is 15.6. The highest BCUT2D eigenvalue weighted by Crippen LogP contribution is 2.31. The van der Waals surface area contributed by atoms with E-state index in [1.165, 1.54) is 0 Å². The van der Waals surface area contributed by atoms with Crippen LogP contribution < -0.4 is 14.8 Å². The lowest BCUT2D eigenvalue weighted by atomic mass is 10.0. The monoisotopic (exact) mass is 434 g/mol. The minimum atomic E-state index is -0.593. The summed E-state index contributed by atoms with van der Waals surface area (Å²) in [5.74, 6) is 0.678. The number of ether oxygens (including phenoxy) is 2. The smallest absolute Gasteiger partial charge is 0.258 e. The predicted molar refractivity (Wildman–Crippen MR) is 121 cm³/mol. The predicted octanol–water partition coefficient (Wildman–Crippen LogP) is 3.48. The lowest BCUT2D eigenvalue weighted by Gasteiger charge is -2.25. The van der Waals surface area contributed by atoms with Gasteiger partial charge in [-0.25, -0.2) is 0 Å². The third-order valence-electron chi connectivity index (χ3n) is 5.89. The summed E-state index contributed by atoms with van der Waals surface area (Å²) in [5, 5.41) is 15.1. The van der Waals surface area contributed by atoms with E-state index >= 15 is 0 Å². The average molecular weight is 434 g/mol. The molecule has 32 heavy (non-hydrogen) atoms. The number of nitrogens with zero attached hydrogens (tertiary/aromatic N) is 1. The number of fused-ring (bicyclic) bond motifs is 1. The van der Waals surface area contributed by atoms with Crippen LogP contribution in [-0.4, -0.2) is 48.6 Å². The molecule has 1 heterocycles. The number of hydrogen-bond acceptors (Lipinski definition) is 5. The van der Waals surface area contributed by atoms with Crippen LogP contribution in [0.5, 0.6) is 17.2 Å². The molecule has 1 saturated heterocycles. The molecule has 1 fully saturated rings. The zero-order valence-corrected chi connectivity index (χ0v) is 18.1. The Morgan fingerprint density at radius 2 is 1.91 bits per heavy atom. The van der Waals surface area contributed by atoms with Crippen molar-refractivity contribution in [3.05, 3.63) is 65.7 Å². The van der Waals surface area contributed by atoms with E-state index < -0.39 is 6.04 Å². The van der Waals surface area contributed by atoms with Crippen LogP contribution in [0, 0.1) is 0 Å². The Labute approximate surface area is 186 Å². The molecule has 3 aromatic rings. The van der Waals surface area contributed by atoms with Gasteiger partial charge in [-0.1, -0.05) is 30.3 Å². The van der Waals surface area contributed by atoms with Gasteiger partial charge in [-0.15, -0.1) is 0 Å². The molecule has 7 nitrogen and oxygen atoms in total. The molecule has 4 rings (SSSR count). The molecule has 0 aromatic heterocycles. The number of likely N-dealkylation sites (tertiary alicyclic amines) is 1. The minimum Gasteiger partial charge on any atom is -0.506 e. The molecule has 1 aliphatic heterocycles. The molecule has 2 amide bonds. The topological polar surface area (TPSA) is 88.1 Å². The number of methoxy groups -OCH3 is 2. The zero-order valence-electron chi connectivity index (χ0n) is 18.1. The van der Waals surface area contributed by atoms with Gasteiger partial charge in [0.2, 0.25) is 5.91 Å². The summed E-state index contributed by atoms with van der Waals surface area (Å²) in [7, 11) is 3.15. The Bertz CT molecular complexity index is 1160. The fraction of sp³-hybridized carbons (Fsp3) is 0.280. The van der Waals surface area contributed by atoms with E-state index in [2.05, 4.69) is 5.32 Å². The molecule has 0 aliphatic carbocycles. The maximum Gasteiger partial charge on any atom is 0.258 e. The number of hydrogen-bond donors (Lipinski definition) is 2. The van der Waals surface area contributed by atoms with Crippen LogP contribution in [0.25, 0.3) is 10.8 Å².